The predicted molar refractivity (Wildman–Crippen MR) is 70.3 cm³/mol. The number of allylic oxidation sites excluding steroid dienone is 2. The van der Waals surface area contributed by atoms with Gasteiger partial charge in [-0.1, -0.05) is 31.9 Å². The molecule has 1 N–H and O–H groups in total. The molecule has 0 spiro atoms. The molecule has 0 radical (unpaired) electrons. The second kappa shape index (κ2) is 10.8. The lowest BCUT2D eigenvalue weighted by Crippen LogP contribution is -2.11. The SMILES string of the molecule is COC(=O)[C@@H](C)C/C=C/CCCCCCC(=O)O. The van der Waals surface area contributed by atoms with Crippen LogP contribution in [0.15, 0.2) is 12.2 Å². The van der Waals surface area contributed by atoms with E-state index < -0.39 is 5.97 Å². The molecule has 0 aliphatic heterocycles. The lowest BCUT2D eigenvalue weighted by Gasteiger charge is -2.04. The summed E-state index contributed by atoms with van der Waals surface area (Å²) in [5.74, 6) is -0.971. The molecule has 0 heterocycles. The summed E-state index contributed by atoms with van der Waals surface area (Å²) >= 11 is 0. The largest absolute Gasteiger partial charge is 0.481 e. The van der Waals surface area contributed by atoms with E-state index in [-0.39, 0.29) is 18.3 Å². The first-order chi connectivity index (χ1) is 8.57. The smallest absolute Gasteiger partial charge is 0.308 e. The minimum Gasteiger partial charge on any atom is -0.481 e. The summed E-state index contributed by atoms with van der Waals surface area (Å²) in [6, 6.07) is 0. The van der Waals surface area contributed by atoms with E-state index in [4.69, 9.17) is 5.11 Å². The number of ether oxygens (including phenoxy) is 1. The summed E-state index contributed by atoms with van der Waals surface area (Å²) in [6.45, 7) is 1.85. The Balaban J connectivity index is 3.38. The number of carbonyl (C=O) groups is 2. The summed E-state index contributed by atoms with van der Waals surface area (Å²) in [5.41, 5.74) is 0. The zero-order valence-corrected chi connectivity index (χ0v) is 11.4. The van der Waals surface area contributed by atoms with Crippen molar-refractivity contribution in [2.75, 3.05) is 7.11 Å². The summed E-state index contributed by atoms with van der Waals surface area (Å²) in [7, 11) is 1.40. The van der Waals surface area contributed by atoms with Gasteiger partial charge in [-0.05, 0) is 25.7 Å². The van der Waals surface area contributed by atoms with Gasteiger partial charge in [-0.25, -0.2) is 0 Å². The van der Waals surface area contributed by atoms with Gasteiger partial charge in [0.25, 0.3) is 0 Å². The molecular formula is C14H24O4. The van der Waals surface area contributed by atoms with Gasteiger partial charge in [0.1, 0.15) is 0 Å². The van der Waals surface area contributed by atoms with Crippen molar-refractivity contribution < 1.29 is 19.4 Å². The maximum Gasteiger partial charge on any atom is 0.308 e. The average Bonchev–Trinajstić information content (AvgIpc) is 2.35. The van der Waals surface area contributed by atoms with E-state index in [1.165, 1.54) is 7.11 Å². The van der Waals surface area contributed by atoms with Crippen LogP contribution in [0.2, 0.25) is 0 Å². The molecule has 0 aromatic carbocycles. The van der Waals surface area contributed by atoms with Crippen molar-refractivity contribution in [1.29, 1.82) is 0 Å². The fourth-order valence-corrected chi connectivity index (χ4v) is 1.61. The fourth-order valence-electron chi connectivity index (χ4n) is 1.61. The number of carbonyl (C=O) groups excluding carboxylic acids is 1. The first-order valence-electron chi connectivity index (χ1n) is 6.52. The van der Waals surface area contributed by atoms with Crippen LogP contribution in [0.1, 0.15) is 51.9 Å². The molecule has 0 aliphatic rings. The number of hydrogen-bond acceptors (Lipinski definition) is 3. The van der Waals surface area contributed by atoms with Crippen molar-refractivity contribution in [2.45, 2.75) is 51.9 Å². The zero-order chi connectivity index (χ0) is 13.8. The van der Waals surface area contributed by atoms with Crippen molar-refractivity contribution in [2.24, 2.45) is 5.92 Å². The lowest BCUT2D eigenvalue weighted by molar-refractivity contribution is -0.144. The molecule has 0 rings (SSSR count). The van der Waals surface area contributed by atoms with Crippen molar-refractivity contribution in [3.8, 4) is 0 Å². The van der Waals surface area contributed by atoms with Crippen LogP contribution >= 0.6 is 0 Å². The highest BCUT2D eigenvalue weighted by atomic mass is 16.5. The van der Waals surface area contributed by atoms with Crippen molar-refractivity contribution in [1.82, 2.24) is 0 Å². The van der Waals surface area contributed by atoms with Gasteiger partial charge >= 0.3 is 11.9 Å². The molecule has 18 heavy (non-hydrogen) atoms. The third-order valence-corrected chi connectivity index (χ3v) is 2.77. The summed E-state index contributed by atoms with van der Waals surface area (Å²) in [4.78, 5) is 21.4. The highest BCUT2D eigenvalue weighted by molar-refractivity contribution is 5.71. The quantitative estimate of drug-likeness (QED) is 0.370. The standard InChI is InChI=1S/C14H24O4/c1-12(14(17)18-2)10-8-6-4-3-5-7-9-11-13(15)16/h6,8,12H,3-5,7,9-11H2,1-2H3,(H,15,16)/b8-6+/t12-/m0/s1. The maximum absolute atomic E-state index is 11.1. The van der Waals surface area contributed by atoms with Gasteiger partial charge in [-0.15, -0.1) is 0 Å². The molecule has 0 unspecified atom stereocenters. The molecule has 104 valence electrons. The normalized spacial score (nSPS) is 12.6. The zero-order valence-electron chi connectivity index (χ0n) is 11.4. The minimum atomic E-state index is -0.716. The van der Waals surface area contributed by atoms with Crippen LogP contribution in [0.5, 0.6) is 0 Å². The molecule has 0 aliphatic carbocycles. The minimum absolute atomic E-state index is 0.0817. The number of esters is 1. The highest BCUT2D eigenvalue weighted by Gasteiger charge is 2.09. The average molecular weight is 256 g/mol. The lowest BCUT2D eigenvalue weighted by atomic mass is 10.1. The Morgan fingerprint density at radius 2 is 1.83 bits per heavy atom. The Labute approximate surface area is 109 Å². The Bertz CT molecular complexity index is 271. The van der Waals surface area contributed by atoms with Crippen LogP contribution in [-0.2, 0) is 14.3 Å². The number of carboxylic acid groups (broad SMARTS) is 1. The summed E-state index contributed by atoms with van der Waals surface area (Å²) < 4.78 is 4.63. The van der Waals surface area contributed by atoms with Crippen LogP contribution in [0.3, 0.4) is 0 Å². The van der Waals surface area contributed by atoms with E-state index in [1.54, 1.807) is 0 Å². The molecule has 0 aromatic rings. The van der Waals surface area contributed by atoms with E-state index in [9.17, 15) is 9.59 Å². The topological polar surface area (TPSA) is 63.6 Å². The predicted octanol–water partition coefficient (Wildman–Crippen LogP) is 3.17. The molecule has 0 fully saturated rings. The Hall–Kier alpha value is -1.32. The first kappa shape index (κ1) is 16.7. The Morgan fingerprint density at radius 3 is 2.44 bits per heavy atom. The van der Waals surface area contributed by atoms with E-state index in [2.05, 4.69) is 10.8 Å². The molecule has 4 nitrogen and oxygen atoms in total. The molecular weight excluding hydrogens is 232 g/mol. The van der Waals surface area contributed by atoms with Gasteiger partial charge in [0, 0.05) is 6.42 Å². The second-order valence-electron chi connectivity index (χ2n) is 4.48. The summed E-state index contributed by atoms with van der Waals surface area (Å²) in [6.07, 6.45) is 9.93. The van der Waals surface area contributed by atoms with E-state index in [0.29, 0.717) is 6.42 Å². The highest BCUT2D eigenvalue weighted by Crippen LogP contribution is 2.08. The van der Waals surface area contributed by atoms with Gasteiger partial charge in [0.15, 0.2) is 0 Å². The molecule has 4 heteroatoms. The third kappa shape index (κ3) is 9.87. The molecule has 0 bridgehead atoms. The number of rotatable bonds is 10. The van der Waals surface area contributed by atoms with Crippen LogP contribution < -0.4 is 0 Å². The van der Waals surface area contributed by atoms with Gasteiger partial charge in [0.05, 0.1) is 13.0 Å². The van der Waals surface area contributed by atoms with Crippen molar-refractivity contribution in [3.63, 3.8) is 0 Å². The van der Waals surface area contributed by atoms with Crippen molar-refractivity contribution in [3.05, 3.63) is 12.2 Å². The van der Waals surface area contributed by atoms with Gasteiger partial charge in [-0.3, -0.25) is 9.59 Å². The third-order valence-electron chi connectivity index (χ3n) is 2.77. The number of unbranched alkanes of at least 4 members (excludes halogenated alkanes) is 4. The molecule has 1 atom stereocenters. The van der Waals surface area contributed by atoms with Crippen LogP contribution in [-0.4, -0.2) is 24.2 Å². The molecule has 0 saturated carbocycles. The van der Waals surface area contributed by atoms with Crippen LogP contribution in [0, 0.1) is 5.92 Å². The van der Waals surface area contributed by atoms with E-state index >= 15 is 0 Å². The first-order valence-corrected chi connectivity index (χ1v) is 6.52. The molecule has 0 aromatic heterocycles. The van der Waals surface area contributed by atoms with Crippen LogP contribution in [0.4, 0.5) is 0 Å². The number of hydrogen-bond donors (Lipinski definition) is 1. The Kier molecular flexibility index (Phi) is 10.0. The number of methoxy groups -OCH3 is 1. The van der Waals surface area contributed by atoms with E-state index in [1.807, 2.05) is 13.0 Å². The fraction of sp³-hybridized carbons (Fsp3) is 0.714. The van der Waals surface area contributed by atoms with Gasteiger partial charge in [-0.2, -0.15) is 0 Å². The maximum atomic E-state index is 11.1. The van der Waals surface area contributed by atoms with Crippen LogP contribution in [0.25, 0.3) is 0 Å². The summed E-state index contributed by atoms with van der Waals surface area (Å²) in [5, 5.41) is 8.45. The second-order valence-corrected chi connectivity index (χ2v) is 4.48. The van der Waals surface area contributed by atoms with Gasteiger partial charge < -0.3 is 9.84 Å². The number of carboxylic acids is 1. The van der Waals surface area contributed by atoms with E-state index in [0.717, 1.165) is 32.1 Å². The molecule has 0 saturated heterocycles. The van der Waals surface area contributed by atoms with Gasteiger partial charge in [0.2, 0.25) is 0 Å². The monoisotopic (exact) mass is 256 g/mol. The van der Waals surface area contributed by atoms with Crippen molar-refractivity contribution >= 4 is 11.9 Å². The Morgan fingerprint density at radius 1 is 1.17 bits per heavy atom. The molecule has 0 amide bonds. The number of aliphatic carboxylic acids is 1.